The van der Waals surface area contributed by atoms with E-state index in [0.29, 0.717) is 17.3 Å². The highest BCUT2D eigenvalue weighted by Crippen LogP contribution is 2.61. The van der Waals surface area contributed by atoms with Crippen LogP contribution < -0.4 is 10.2 Å². The summed E-state index contributed by atoms with van der Waals surface area (Å²) in [5.41, 5.74) is 4.48. The zero-order chi connectivity index (χ0) is 27.3. The van der Waals surface area contributed by atoms with Gasteiger partial charge in [0.15, 0.2) is 6.61 Å². The van der Waals surface area contributed by atoms with E-state index in [1.54, 1.807) is 12.1 Å². The van der Waals surface area contributed by atoms with Gasteiger partial charge >= 0.3 is 5.97 Å². The molecule has 3 aromatic rings. The Labute approximate surface area is 227 Å². The van der Waals surface area contributed by atoms with Crippen LogP contribution in [-0.4, -0.2) is 30.3 Å². The first-order valence-electron chi connectivity index (χ1n) is 13.4. The Morgan fingerprint density at radius 3 is 2.21 bits per heavy atom. The molecular weight excluding hydrogens is 492 g/mol. The molecule has 2 saturated carbocycles. The van der Waals surface area contributed by atoms with E-state index in [2.05, 4.69) is 17.4 Å². The van der Waals surface area contributed by atoms with Crippen molar-refractivity contribution >= 4 is 35.1 Å². The van der Waals surface area contributed by atoms with Crippen molar-refractivity contribution < 1.29 is 23.9 Å². The fourth-order valence-corrected chi connectivity index (χ4v) is 6.95. The number of hydrogen-bond acceptors (Lipinski definition) is 5. The normalized spacial score (nSPS) is 25.1. The molecule has 0 spiro atoms. The lowest BCUT2D eigenvalue weighted by Crippen LogP contribution is -2.33. The third kappa shape index (κ3) is 4.32. The van der Waals surface area contributed by atoms with E-state index < -0.39 is 18.5 Å². The monoisotopic (exact) mass is 522 g/mol. The Hall–Kier alpha value is -4.26. The maximum absolute atomic E-state index is 13.5. The summed E-state index contributed by atoms with van der Waals surface area (Å²) in [7, 11) is 0. The SMILES string of the molecule is Cc1cccc(C)c1NC(=O)COC(=O)c1ccc(N2C(=O)[C@@H]3[C@@H]4C[C@@H]([C@@H]3C2=O)[C@@H](c2ccccc2)C4)cc1. The molecule has 7 nitrogen and oxygen atoms in total. The Balaban J connectivity index is 1.10. The van der Waals surface area contributed by atoms with Crippen molar-refractivity contribution in [2.45, 2.75) is 32.6 Å². The van der Waals surface area contributed by atoms with E-state index in [0.717, 1.165) is 24.0 Å². The topological polar surface area (TPSA) is 92.8 Å². The lowest BCUT2D eigenvalue weighted by molar-refractivity contribution is -0.123. The summed E-state index contributed by atoms with van der Waals surface area (Å²) in [6.45, 7) is 3.36. The minimum Gasteiger partial charge on any atom is -0.452 e. The van der Waals surface area contributed by atoms with E-state index in [1.165, 1.54) is 22.6 Å². The van der Waals surface area contributed by atoms with E-state index in [1.807, 2.05) is 50.2 Å². The van der Waals surface area contributed by atoms with Crippen molar-refractivity contribution in [2.24, 2.45) is 23.7 Å². The predicted molar refractivity (Wildman–Crippen MR) is 146 cm³/mol. The van der Waals surface area contributed by atoms with E-state index >= 15 is 0 Å². The van der Waals surface area contributed by atoms with Gasteiger partial charge in [-0.3, -0.25) is 19.3 Å². The van der Waals surface area contributed by atoms with Crippen LogP contribution in [0.15, 0.2) is 72.8 Å². The first kappa shape index (κ1) is 25.0. The van der Waals surface area contributed by atoms with Gasteiger partial charge in [-0.25, -0.2) is 4.79 Å². The van der Waals surface area contributed by atoms with Crippen molar-refractivity contribution in [3.63, 3.8) is 0 Å². The molecule has 198 valence electrons. The molecule has 1 aliphatic heterocycles. The second-order valence-electron chi connectivity index (χ2n) is 10.9. The predicted octanol–water partition coefficient (Wildman–Crippen LogP) is 5.03. The van der Waals surface area contributed by atoms with Gasteiger partial charge < -0.3 is 10.1 Å². The number of imide groups is 1. The third-order valence-corrected chi connectivity index (χ3v) is 8.68. The second kappa shape index (κ2) is 9.80. The molecule has 0 radical (unpaired) electrons. The zero-order valence-corrected chi connectivity index (χ0v) is 21.9. The van der Waals surface area contributed by atoms with Crippen molar-refractivity contribution in [1.82, 2.24) is 0 Å². The first-order chi connectivity index (χ1) is 18.8. The quantitative estimate of drug-likeness (QED) is 0.362. The van der Waals surface area contributed by atoms with Gasteiger partial charge in [0.1, 0.15) is 0 Å². The van der Waals surface area contributed by atoms with Crippen molar-refractivity contribution in [3.8, 4) is 0 Å². The molecule has 3 amide bonds. The smallest absolute Gasteiger partial charge is 0.338 e. The minimum atomic E-state index is -0.655. The number of esters is 1. The number of rotatable bonds is 6. The summed E-state index contributed by atoms with van der Waals surface area (Å²) < 4.78 is 5.20. The van der Waals surface area contributed by atoms with Gasteiger partial charge in [-0.1, -0.05) is 48.5 Å². The highest BCUT2D eigenvalue weighted by atomic mass is 16.5. The van der Waals surface area contributed by atoms with E-state index in [-0.39, 0.29) is 41.0 Å². The fraction of sp³-hybridized carbons (Fsp3) is 0.312. The number of amides is 3. The molecule has 2 bridgehead atoms. The summed E-state index contributed by atoms with van der Waals surface area (Å²) >= 11 is 0. The average molecular weight is 523 g/mol. The van der Waals surface area contributed by atoms with Crippen molar-refractivity contribution in [3.05, 3.63) is 95.1 Å². The highest BCUT2D eigenvalue weighted by molar-refractivity contribution is 6.22. The molecule has 3 aliphatic rings. The highest BCUT2D eigenvalue weighted by Gasteiger charge is 2.64. The number of para-hydroxylation sites is 1. The molecule has 6 rings (SSSR count). The summed E-state index contributed by atoms with van der Waals surface area (Å²) in [4.78, 5) is 53.1. The lowest BCUT2D eigenvalue weighted by atomic mass is 9.73. The van der Waals surface area contributed by atoms with Gasteiger partial charge in [0, 0.05) is 5.69 Å². The van der Waals surface area contributed by atoms with Gasteiger partial charge in [-0.2, -0.15) is 0 Å². The summed E-state index contributed by atoms with van der Waals surface area (Å²) in [5.74, 6) is -1.22. The fourth-order valence-electron chi connectivity index (χ4n) is 6.95. The van der Waals surface area contributed by atoms with E-state index in [4.69, 9.17) is 4.74 Å². The van der Waals surface area contributed by atoms with Gasteiger partial charge in [0.05, 0.1) is 23.1 Å². The number of carbonyl (C=O) groups is 4. The molecule has 2 aliphatic carbocycles. The molecular formula is C32H30N2O5. The number of nitrogens with zero attached hydrogens (tertiary/aromatic N) is 1. The maximum Gasteiger partial charge on any atom is 0.338 e. The molecule has 3 aromatic carbocycles. The minimum absolute atomic E-state index is 0.137. The summed E-state index contributed by atoms with van der Waals surface area (Å²) in [6.07, 6.45) is 1.85. The van der Waals surface area contributed by atoms with Gasteiger partial charge in [-0.05, 0) is 85.4 Å². The maximum atomic E-state index is 13.5. The number of hydrogen-bond donors (Lipinski definition) is 1. The van der Waals surface area contributed by atoms with Crippen LogP contribution in [0.1, 0.15) is 45.8 Å². The molecule has 1 saturated heterocycles. The van der Waals surface area contributed by atoms with Crippen LogP contribution in [0.3, 0.4) is 0 Å². The number of nitrogens with one attached hydrogen (secondary N) is 1. The first-order valence-corrected chi connectivity index (χ1v) is 13.4. The summed E-state index contributed by atoms with van der Waals surface area (Å²) in [5, 5.41) is 2.79. The Morgan fingerprint density at radius 1 is 0.846 bits per heavy atom. The molecule has 0 aromatic heterocycles. The number of ether oxygens (including phenoxy) is 1. The molecule has 0 unspecified atom stereocenters. The molecule has 5 atom stereocenters. The second-order valence-corrected chi connectivity index (χ2v) is 10.9. The van der Waals surface area contributed by atoms with Crippen LogP contribution >= 0.6 is 0 Å². The molecule has 1 N–H and O–H groups in total. The van der Waals surface area contributed by atoms with Crippen LogP contribution in [0.2, 0.25) is 0 Å². The molecule has 1 heterocycles. The van der Waals surface area contributed by atoms with Gasteiger partial charge in [0.2, 0.25) is 11.8 Å². The van der Waals surface area contributed by atoms with Crippen LogP contribution in [-0.2, 0) is 19.1 Å². The number of aryl methyl sites for hydroxylation is 2. The number of fused-ring (bicyclic) bond motifs is 5. The average Bonchev–Trinajstić information content (AvgIpc) is 3.61. The zero-order valence-electron chi connectivity index (χ0n) is 21.9. The van der Waals surface area contributed by atoms with Crippen LogP contribution in [0.5, 0.6) is 0 Å². The third-order valence-electron chi connectivity index (χ3n) is 8.68. The largest absolute Gasteiger partial charge is 0.452 e. The Morgan fingerprint density at radius 2 is 1.51 bits per heavy atom. The molecule has 39 heavy (non-hydrogen) atoms. The van der Waals surface area contributed by atoms with Crippen LogP contribution in [0.4, 0.5) is 11.4 Å². The Kier molecular flexibility index (Phi) is 6.29. The van der Waals surface area contributed by atoms with Crippen molar-refractivity contribution in [2.75, 3.05) is 16.8 Å². The summed E-state index contributed by atoms with van der Waals surface area (Å²) in [6, 6.07) is 22.2. The molecule has 7 heteroatoms. The van der Waals surface area contributed by atoms with Gasteiger partial charge in [-0.15, -0.1) is 0 Å². The van der Waals surface area contributed by atoms with E-state index in [9.17, 15) is 19.2 Å². The van der Waals surface area contributed by atoms with Crippen LogP contribution in [0.25, 0.3) is 0 Å². The standard InChI is InChI=1S/C32H30N2O5/c1-18-7-6-8-19(2)29(18)33-26(35)17-39-32(38)21-11-13-23(14-12-21)34-30(36)27-22-15-24(20-9-4-3-5-10-20)25(16-22)28(27)31(34)37/h3-14,22,24-25,27-28H,15-17H2,1-2H3,(H,33,35)/t22-,24+,25+,27+,28-/m0/s1. The van der Waals surface area contributed by atoms with Gasteiger partial charge in [0.25, 0.3) is 5.91 Å². The number of carbonyl (C=O) groups excluding carboxylic acids is 4. The van der Waals surface area contributed by atoms with Crippen molar-refractivity contribution in [1.29, 1.82) is 0 Å². The lowest BCUT2D eigenvalue weighted by Gasteiger charge is -2.28. The Bertz CT molecular complexity index is 1450. The number of benzene rings is 3. The number of anilines is 2. The molecule has 3 fully saturated rings. The van der Waals surface area contributed by atoms with Crippen LogP contribution in [0, 0.1) is 37.5 Å².